The van der Waals surface area contributed by atoms with Crippen LogP contribution >= 0.6 is 0 Å². The number of rotatable bonds is 3. The molecule has 98 valence electrons. The quantitative estimate of drug-likeness (QED) is 0.730. The number of aryl methyl sites for hydroxylation is 2. The number of nitrogens with zero attached hydrogens (tertiary/aromatic N) is 4. The average molecular weight is 255 g/mol. The van der Waals surface area contributed by atoms with Gasteiger partial charge in [-0.3, -0.25) is 9.25 Å². The van der Waals surface area contributed by atoms with Gasteiger partial charge in [0.15, 0.2) is 5.82 Å². The van der Waals surface area contributed by atoms with Crippen LogP contribution in [0.2, 0.25) is 0 Å². The highest BCUT2D eigenvalue weighted by molar-refractivity contribution is 5.81. The van der Waals surface area contributed by atoms with E-state index in [4.69, 9.17) is 5.73 Å². The molecule has 0 unspecified atom stereocenters. The van der Waals surface area contributed by atoms with Gasteiger partial charge in [0.1, 0.15) is 5.82 Å². The Kier molecular flexibility index (Phi) is 2.74. The molecule has 0 bridgehead atoms. The summed E-state index contributed by atoms with van der Waals surface area (Å²) in [6, 6.07) is 7.81. The number of anilines is 1. The summed E-state index contributed by atoms with van der Waals surface area (Å²) in [6.07, 6.45) is 3.91. The van der Waals surface area contributed by atoms with Crippen molar-refractivity contribution in [3.63, 3.8) is 0 Å². The second kappa shape index (κ2) is 4.42. The highest BCUT2D eigenvalue weighted by Gasteiger charge is 2.13. The lowest BCUT2D eigenvalue weighted by Crippen LogP contribution is -2.02. The Bertz CT molecular complexity index is 723. The molecule has 0 radical (unpaired) electrons. The molecule has 2 N–H and O–H groups in total. The largest absolute Gasteiger partial charge is 0.399 e. The number of imidazole rings is 1. The molecule has 2 heterocycles. The standard InChI is InChI=1S/C14H17N5/c1-3-4-13-16-11-9-10(15)5-6-12(11)19(13)14-7-8-18(2)17-14/h5-9H,3-4,15H2,1-2H3. The second-order valence-corrected chi connectivity index (χ2v) is 4.71. The Labute approximate surface area is 111 Å². The van der Waals surface area contributed by atoms with E-state index in [1.54, 1.807) is 4.68 Å². The second-order valence-electron chi connectivity index (χ2n) is 4.71. The van der Waals surface area contributed by atoms with Crippen LogP contribution < -0.4 is 5.73 Å². The van der Waals surface area contributed by atoms with E-state index in [-0.39, 0.29) is 0 Å². The minimum Gasteiger partial charge on any atom is -0.399 e. The van der Waals surface area contributed by atoms with Gasteiger partial charge in [0.05, 0.1) is 11.0 Å². The van der Waals surface area contributed by atoms with Crippen LogP contribution in [-0.2, 0) is 13.5 Å². The van der Waals surface area contributed by atoms with Crippen molar-refractivity contribution >= 4 is 16.7 Å². The predicted octanol–water partition coefficient (Wildman–Crippen LogP) is 2.29. The van der Waals surface area contributed by atoms with Gasteiger partial charge in [-0.25, -0.2) is 4.98 Å². The van der Waals surface area contributed by atoms with Crippen LogP contribution in [0.15, 0.2) is 30.5 Å². The van der Waals surface area contributed by atoms with Crippen LogP contribution in [0.5, 0.6) is 0 Å². The number of hydrogen-bond donors (Lipinski definition) is 1. The first kappa shape index (κ1) is 11.8. The summed E-state index contributed by atoms with van der Waals surface area (Å²) in [5.74, 6) is 1.93. The number of nitrogen functional groups attached to an aromatic ring is 1. The van der Waals surface area contributed by atoms with Crippen LogP contribution in [0, 0.1) is 0 Å². The zero-order valence-electron chi connectivity index (χ0n) is 11.2. The molecule has 0 atom stereocenters. The van der Waals surface area contributed by atoms with Crippen LogP contribution in [0.4, 0.5) is 5.69 Å². The van der Waals surface area contributed by atoms with Crippen LogP contribution in [0.3, 0.4) is 0 Å². The van der Waals surface area contributed by atoms with E-state index < -0.39 is 0 Å². The lowest BCUT2D eigenvalue weighted by Gasteiger charge is -2.04. The minimum absolute atomic E-state index is 0.737. The molecule has 0 aliphatic carbocycles. The van der Waals surface area contributed by atoms with Crippen molar-refractivity contribution in [3.8, 4) is 5.82 Å². The number of fused-ring (bicyclic) bond motifs is 1. The van der Waals surface area contributed by atoms with Gasteiger partial charge in [-0.2, -0.15) is 5.10 Å². The number of hydrogen-bond acceptors (Lipinski definition) is 3. The molecule has 0 amide bonds. The Balaban J connectivity index is 2.27. The Hall–Kier alpha value is -2.30. The fourth-order valence-electron chi connectivity index (χ4n) is 2.32. The van der Waals surface area contributed by atoms with E-state index in [1.165, 1.54) is 0 Å². The minimum atomic E-state index is 0.737. The van der Waals surface area contributed by atoms with Crippen molar-refractivity contribution in [3.05, 3.63) is 36.3 Å². The molecule has 0 spiro atoms. The van der Waals surface area contributed by atoms with Gasteiger partial charge in [0.25, 0.3) is 0 Å². The fraction of sp³-hybridized carbons (Fsp3) is 0.286. The van der Waals surface area contributed by atoms with Gasteiger partial charge in [0.2, 0.25) is 0 Å². The molecule has 0 aliphatic rings. The maximum atomic E-state index is 5.83. The number of aromatic nitrogens is 4. The van der Waals surface area contributed by atoms with Crippen molar-refractivity contribution in [2.45, 2.75) is 19.8 Å². The third kappa shape index (κ3) is 1.97. The maximum absolute atomic E-state index is 5.83. The predicted molar refractivity (Wildman–Crippen MR) is 76.2 cm³/mol. The summed E-state index contributed by atoms with van der Waals surface area (Å²) >= 11 is 0. The summed E-state index contributed by atoms with van der Waals surface area (Å²) in [4.78, 5) is 4.68. The lowest BCUT2D eigenvalue weighted by molar-refractivity contribution is 0.738. The Morgan fingerprint density at radius 3 is 2.79 bits per heavy atom. The molecule has 0 saturated carbocycles. The van der Waals surface area contributed by atoms with E-state index in [0.717, 1.165) is 41.2 Å². The Morgan fingerprint density at radius 2 is 2.11 bits per heavy atom. The van der Waals surface area contributed by atoms with Gasteiger partial charge in [0, 0.05) is 31.4 Å². The zero-order valence-corrected chi connectivity index (χ0v) is 11.2. The highest BCUT2D eigenvalue weighted by atomic mass is 15.3. The van der Waals surface area contributed by atoms with Gasteiger partial charge >= 0.3 is 0 Å². The van der Waals surface area contributed by atoms with Crippen molar-refractivity contribution in [2.24, 2.45) is 7.05 Å². The smallest absolute Gasteiger partial charge is 0.160 e. The van der Waals surface area contributed by atoms with Crippen molar-refractivity contribution in [1.82, 2.24) is 19.3 Å². The summed E-state index contributed by atoms with van der Waals surface area (Å²) in [6.45, 7) is 2.15. The molecule has 2 aromatic heterocycles. The molecule has 0 fully saturated rings. The van der Waals surface area contributed by atoms with Crippen LogP contribution in [0.1, 0.15) is 19.2 Å². The first-order valence-electron chi connectivity index (χ1n) is 6.46. The highest BCUT2D eigenvalue weighted by Crippen LogP contribution is 2.23. The van der Waals surface area contributed by atoms with Crippen molar-refractivity contribution < 1.29 is 0 Å². The SMILES string of the molecule is CCCc1nc2cc(N)ccc2n1-c1ccn(C)n1. The monoisotopic (exact) mass is 255 g/mol. The molecule has 0 aliphatic heterocycles. The van der Waals surface area contributed by atoms with Gasteiger partial charge < -0.3 is 5.73 Å². The summed E-state index contributed by atoms with van der Waals surface area (Å²) in [5, 5.41) is 4.48. The van der Waals surface area contributed by atoms with Gasteiger partial charge in [-0.05, 0) is 24.6 Å². The molecule has 5 heteroatoms. The molecular weight excluding hydrogens is 238 g/mol. The van der Waals surface area contributed by atoms with Crippen molar-refractivity contribution in [2.75, 3.05) is 5.73 Å². The third-order valence-electron chi connectivity index (χ3n) is 3.15. The first-order chi connectivity index (χ1) is 9.19. The van der Waals surface area contributed by atoms with Gasteiger partial charge in [-0.1, -0.05) is 6.92 Å². The first-order valence-corrected chi connectivity index (χ1v) is 6.46. The van der Waals surface area contributed by atoms with E-state index in [0.29, 0.717) is 0 Å². The van der Waals surface area contributed by atoms with E-state index in [9.17, 15) is 0 Å². The van der Waals surface area contributed by atoms with E-state index in [2.05, 4.69) is 21.6 Å². The van der Waals surface area contributed by atoms with Crippen LogP contribution in [0.25, 0.3) is 16.9 Å². The topological polar surface area (TPSA) is 61.7 Å². The Morgan fingerprint density at radius 1 is 1.26 bits per heavy atom. The van der Waals surface area contributed by atoms with E-state index >= 15 is 0 Å². The summed E-state index contributed by atoms with van der Waals surface area (Å²) in [7, 11) is 1.92. The van der Waals surface area contributed by atoms with Crippen LogP contribution in [-0.4, -0.2) is 19.3 Å². The summed E-state index contributed by atoms with van der Waals surface area (Å²) in [5.41, 5.74) is 8.55. The molecule has 19 heavy (non-hydrogen) atoms. The number of benzene rings is 1. The zero-order chi connectivity index (χ0) is 13.4. The molecule has 0 saturated heterocycles. The normalized spacial score (nSPS) is 11.3. The number of nitrogens with two attached hydrogens (primary N) is 1. The molecule has 5 nitrogen and oxygen atoms in total. The van der Waals surface area contributed by atoms with Crippen molar-refractivity contribution in [1.29, 1.82) is 0 Å². The molecule has 3 aromatic rings. The third-order valence-corrected chi connectivity index (χ3v) is 3.15. The molecule has 1 aromatic carbocycles. The van der Waals surface area contributed by atoms with E-state index in [1.807, 2.05) is 37.5 Å². The molecular formula is C14H17N5. The summed E-state index contributed by atoms with van der Waals surface area (Å²) < 4.78 is 3.91. The maximum Gasteiger partial charge on any atom is 0.160 e. The fourth-order valence-corrected chi connectivity index (χ4v) is 2.32. The molecule has 3 rings (SSSR count). The lowest BCUT2D eigenvalue weighted by atomic mass is 10.3. The van der Waals surface area contributed by atoms with Gasteiger partial charge in [-0.15, -0.1) is 0 Å². The average Bonchev–Trinajstić information content (AvgIpc) is 2.92.